The summed E-state index contributed by atoms with van der Waals surface area (Å²) in [5.41, 5.74) is 0.735. The lowest BCUT2D eigenvalue weighted by Gasteiger charge is -1.96. The Morgan fingerprint density at radius 1 is 1.38 bits per heavy atom. The van der Waals surface area contributed by atoms with Gasteiger partial charge in [0.25, 0.3) is 0 Å². The van der Waals surface area contributed by atoms with Gasteiger partial charge in [-0.05, 0) is 39.7 Å². The second-order valence-electron chi connectivity index (χ2n) is 2.55. The van der Waals surface area contributed by atoms with Gasteiger partial charge in [-0.1, -0.05) is 6.07 Å². The van der Waals surface area contributed by atoms with Gasteiger partial charge in [0.2, 0.25) is 6.79 Å². The second-order valence-corrected chi connectivity index (χ2v) is 3.30. The quantitative estimate of drug-likeness (QED) is 0.756. The number of halogens is 2. The van der Waals surface area contributed by atoms with E-state index in [2.05, 4.69) is 15.9 Å². The van der Waals surface area contributed by atoms with Gasteiger partial charge >= 0.3 is 0 Å². The predicted octanol–water partition coefficient (Wildman–Crippen LogP) is 3.08. The largest absolute Gasteiger partial charge is 0.454 e. The van der Waals surface area contributed by atoms with Crippen molar-refractivity contribution in [1.82, 2.24) is 0 Å². The van der Waals surface area contributed by atoms with Crippen LogP contribution in [-0.4, -0.2) is 6.79 Å². The van der Waals surface area contributed by atoms with Crippen molar-refractivity contribution >= 4 is 22.0 Å². The molecule has 0 saturated carbocycles. The fraction of sp³-hybridized carbons (Fsp3) is 0.111. The lowest BCUT2D eigenvalue weighted by atomic mass is 10.2. The van der Waals surface area contributed by atoms with Gasteiger partial charge in [0.05, 0.1) is 0 Å². The summed E-state index contributed by atoms with van der Waals surface area (Å²) in [6, 6.07) is 5.24. The highest BCUT2D eigenvalue weighted by molar-refractivity contribution is 9.11. The minimum Gasteiger partial charge on any atom is -0.454 e. The highest BCUT2D eigenvalue weighted by Crippen LogP contribution is 2.33. The smallest absolute Gasteiger partial charge is 0.231 e. The van der Waals surface area contributed by atoms with Crippen molar-refractivity contribution in [3.63, 3.8) is 0 Å². The average Bonchev–Trinajstić information content (AvgIpc) is 2.49. The first-order valence-corrected chi connectivity index (χ1v) is 4.47. The van der Waals surface area contributed by atoms with Crippen molar-refractivity contribution < 1.29 is 13.9 Å². The van der Waals surface area contributed by atoms with Crippen LogP contribution in [0.1, 0.15) is 5.56 Å². The Balaban J connectivity index is 2.36. The van der Waals surface area contributed by atoms with E-state index in [1.807, 2.05) is 0 Å². The molecule has 0 radical (unpaired) electrons. The summed E-state index contributed by atoms with van der Waals surface area (Å²) in [5.74, 6) is 1.36. The van der Waals surface area contributed by atoms with Crippen molar-refractivity contribution in [1.29, 1.82) is 0 Å². The fourth-order valence-electron chi connectivity index (χ4n) is 1.13. The van der Waals surface area contributed by atoms with Crippen molar-refractivity contribution in [3.8, 4) is 11.5 Å². The van der Waals surface area contributed by atoms with Gasteiger partial charge in [-0.2, -0.15) is 4.39 Å². The molecule has 1 aliphatic rings. The number of rotatable bonds is 1. The van der Waals surface area contributed by atoms with E-state index in [1.54, 1.807) is 18.2 Å². The molecule has 0 saturated heterocycles. The van der Waals surface area contributed by atoms with Gasteiger partial charge in [-0.25, -0.2) is 0 Å². The molecule has 68 valence electrons. The van der Waals surface area contributed by atoms with Crippen LogP contribution in [0, 0.1) is 0 Å². The molecule has 0 fully saturated rings. The first-order chi connectivity index (χ1) is 6.25. The minimum absolute atomic E-state index is 0.235. The van der Waals surface area contributed by atoms with Crippen LogP contribution in [0.4, 0.5) is 4.39 Å². The molecule has 2 rings (SSSR count). The Morgan fingerprint density at radius 3 is 2.92 bits per heavy atom. The molecule has 0 aliphatic carbocycles. The Labute approximate surface area is 83.1 Å². The Morgan fingerprint density at radius 2 is 2.15 bits per heavy atom. The zero-order valence-electron chi connectivity index (χ0n) is 6.59. The van der Waals surface area contributed by atoms with E-state index in [0.29, 0.717) is 11.5 Å². The predicted molar refractivity (Wildman–Crippen MR) is 50.6 cm³/mol. The lowest BCUT2D eigenvalue weighted by molar-refractivity contribution is 0.174. The molecular weight excluding hydrogens is 239 g/mol. The molecule has 0 spiro atoms. The van der Waals surface area contributed by atoms with Gasteiger partial charge in [0, 0.05) is 0 Å². The number of ether oxygens (including phenoxy) is 2. The van der Waals surface area contributed by atoms with Crippen LogP contribution >= 0.6 is 15.9 Å². The standard InChI is InChI=1S/C9H6BrFO2/c10-9(11)4-6-1-2-7-8(3-6)13-5-12-7/h1-4H,5H2. The number of hydrogen-bond donors (Lipinski definition) is 0. The zero-order valence-corrected chi connectivity index (χ0v) is 8.17. The molecule has 13 heavy (non-hydrogen) atoms. The molecule has 1 heterocycles. The van der Waals surface area contributed by atoms with Crippen LogP contribution in [0.5, 0.6) is 11.5 Å². The molecular formula is C9H6BrFO2. The SMILES string of the molecule is FC(Br)=Cc1ccc2c(c1)OCO2. The van der Waals surface area contributed by atoms with E-state index in [0.717, 1.165) is 5.56 Å². The van der Waals surface area contributed by atoms with E-state index in [-0.39, 0.29) is 6.79 Å². The fourth-order valence-corrected chi connectivity index (χ4v) is 1.39. The van der Waals surface area contributed by atoms with Crippen LogP contribution in [-0.2, 0) is 0 Å². The third-order valence-electron chi connectivity index (χ3n) is 1.67. The summed E-state index contributed by atoms with van der Waals surface area (Å²) in [5, 5.41) is 0. The summed E-state index contributed by atoms with van der Waals surface area (Å²) in [6.45, 7) is 0.235. The first-order valence-electron chi connectivity index (χ1n) is 3.68. The van der Waals surface area contributed by atoms with Gasteiger partial charge in [0.1, 0.15) is 0 Å². The Hall–Kier alpha value is -1.03. The maximum Gasteiger partial charge on any atom is 0.231 e. The van der Waals surface area contributed by atoms with Crippen molar-refractivity contribution in [2.45, 2.75) is 0 Å². The van der Waals surface area contributed by atoms with Crippen LogP contribution in [0.3, 0.4) is 0 Å². The molecule has 1 aliphatic heterocycles. The van der Waals surface area contributed by atoms with E-state index >= 15 is 0 Å². The van der Waals surface area contributed by atoms with Crippen molar-refractivity contribution in [3.05, 3.63) is 28.5 Å². The molecule has 2 nitrogen and oxygen atoms in total. The van der Waals surface area contributed by atoms with E-state index in [9.17, 15) is 4.39 Å². The topological polar surface area (TPSA) is 18.5 Å². The number of fused-ring (bicyclic) bond motifs is 1. The third-order valence-corrected chi connectivity index (χ3v) is 1.90. The molecule has 1 aromatic carbocycles. The molecule has 4 heteroatoms. The van der Waals surface area contributed by atoms with Crippen molar-refractivity contribution in [2.75, 3.05) is 6.79 Å². The highest BCUT2D eigenvalue weighted by atomic mass is 79.9. The minimum atomic E-state index is -0.411. The average molecular weight is 245 g/mol. The van der Waals surface area contributed by atoms with E-state index in [4.69, 9.17) is 9.47 Å². The van der Waals surface area contributed by atoms with Gasteiger partial charge in [-0.3, -0.25) is 0 Å². The molecule has 0 aromatic heterocycles. The van der Waals surface area contributed by atoms with Crippen molar-refractivity contribution in [2.24, 2.45) is 0 Å². The third kappa shape index (κ3) is 1.83. The van der Waals surface area contributed by atoms with Crippen LogP contribution in [0.25, 0.3) is 6.08 Å². The molecule has 1 aromatic rings. The normalized spacial score (nSPS) is 14.8. The Bertz CT molecular complexity index is 359. The Kier molecular flexibility index (Phi) is 2.22. The van der Waals surface area contributed by atoms with Crippen LogP contribution in [0.2, 0.25) is 0 Å². The molecule has 0 unspecified atom stereocenters. The van der Waals surface area contributed by atoms with Gasteiger partial charge in [0.15, 0.2) is 16.2 Å². The molecule has 0 amide bonds. The number of benzene rings is 1. The first kappa shape index (κ1) is 8.56. The van der Waals surface area contributed by atoms with E-state index < -0.39 is 4.74 Å². The second kappa shape index (κ2) is 3.38. The van der Waals surface area contributed by atoms with E-state index in [1.165, 1.54) is 6.08 Å². The summed E-state index contributed by atoms with van der Waals surface area (Å²) in [4.78, 5) is 0. The van der Waals surface area contributed by atoms with Gasteiger partial charge < -0.3 is 9.47 Å². The zero-order chi connectivity index (χ0) is 9.26. The van der Waals surface area contributed by atoms with Crippen LogP contribution < -0.4 is 9.47 Å². The van der Waals surface area contributed by atoms with Crippen LogP contribution in [0.15, 0.2) is 22.9 Å². The summed E-state index contributed by atoms with van der Waals surface area (Å²) >= 11 is 2.71. The highest BCUT2D eigenvalue weighted by Gasteiger charge is 2.12. The molecule has 0 N–H and O–H groups in total. The number of hydrogen-bond acceptors (Lipinski definition) is 2. The molecule has 0 bridgehead atoms. The molecule has 0 atom stereocenters. The lowest BCUT2D eigenvalue weighted by Crippen LogP contribution is -1.92. The summed E-state index contributed by atoms with van der Waals surface area (Å²) in [6.07, 6.45) is 1.36. The van der Waals surface area contributed by atoms with Gasteiger partial charge in [-0.15, -0.1) is 0 Å². The monoisotopic (exact) mass is 244 g/mol. The summed E-state index contributed by atoms with van der Waals surface area (Å²) < 4.78 is 22.3. The maximum absolute atomic E-state index is 12.4. The maximum atomic E-state index is 12.4. The summed E-state index contributed by atoms with van der Waals surface area (Å²) in [7, 11) is 0.